The molecule has 2 aliphatic rings. The largest absolute Gasteiger partial charge is 0.333 e. The first-order valence-corrected chi connectivity index (χ1v) is 9.45. The van der Waals surface area contributed by atoms with Crippen LogP contribution in [0.15, 0.2) is 24.3 Å². The van der Waals surface area contributed by atoms with Gasteiger partial charge in [-0.3, -0.25) is 4.79 Å². The normalized spacial score (nSPS) is 25.6. The zero-order valence-electron chi connectivity index (χ0n) is 14.1. The monoisotopic (exact) mass is 401 g/mol. The number of carbonyl (C=O) groups excluding carboxylic acids is 1. The number of fused-ring (bicyclic) bond motifs is 1. The summed E-state index contributed by atoms with van der Waals surface area (Å²) in [5.74, 6) is 0.828. The molecule has 25 heavy (non-hydrogen) atoms. The molecular weight excluding hydrogens is 377 g/mol. The average molecular weight is 402 g/mol. The molecule has 1 amide bonds. The first kappa shape index (κ1) is 20.4. The van der Waals surface area contributed by atoms with Gasteiger partial charge in [-0.05, 0) is 50.3 Å². The Bertz CT molecular complexity index is 690. The highest BCUT2D eigenvalue weighted by atomic mass is 35.5. The first-order valence-electron chi connectivity index (χ1n) is 8.64. The molecule has 1 aliphatic carbocycles. The third-order valence-corrected chi connectivity index (χ3v) is 6.55. The Kier molecular flexibility index (Phi) is 7.09. The fraction of sp³-hybridized carbons (Fsp3) is 0.556. The van der Waals surface area contributed by atoms with Crippen molar-refractivity contribution in [3.8, 4) is 0 Å². The molecule has 2 aromatic rings. The van der Waals surface area contributed by atoms with Crippen molar-refractivity contribution in [3.05, 3.63) is 29.3 Å². The highest BCUT2D eigenvalue weighted by Gasteiger charge is 2.39. The Balaban J connectivity index is 0.00000113. The van der Waals surface area contributed by atoms with Gasteiger partial charge in [0.1, 0.15) is 5.01 Å². The fourth-order valence-corrected chi connectivity index (χ4v) is 5.29. The molecule has 0 radical (unpaired) electrons. The lowest BCUT2D eigenvalue weighted by Gasteiger charge is -2.28. The van der Waals surface area contributed by atoms with Gasteiger partial charge < -0.3 is 10.6 Å². The van der Waals surface area contributed by atoms with Gasteiger partial charge in [0.05, 0.1) is 16.3 Å². The highest BCUT2D eigenvalue weighted by Crippen LogP contribution is 2.40. The number of aromatic nitrogens is 1. The average Bonchev–Trinajstić information content (AvgIpc) is 3.30. The number of likely N-dealkylation sites (tertiary alicyclic amines) is 1. The van der Waals surface area contributed by atoms with Crippen LogP contribution in [0.4, 0.5) is 0 Å². The van der Waals surface area contributed by atoms with Crippen LogP contribution in [0.1, 0.15) is 43.2 Å². The number of thiazole rings is 1. The minimum atomic E-state index is 0. The zero-order valence-corrected chi connectivity index (χ0v) is 16.5. The van der Waals surface area contributed by atoms with Crippen molar-refractivity contribution in [2.75, 3.05) is 13.1 Å². The standard InChI is InChI=1S/C18H23N3OS.2ClH/c19-11-12-5-3-6-13(12)18(22)21-10-4-8-15(21)17-20-14-7-1-2-9-16(14)23-17;;/h1-2,7,9,12-13,15H,3-6,8,10-11,19H2;2*1H/t12-,13-,15?;;/m1../s1. The minimum Gasteiger partial charge on any atom is -0.333 e. The summed E-state index contributed by atoms with van der Waals surface area (Å²) < 4.78 is 1.21. The smallest absolute Gasteiger partial charge is 0.226 e. The van der Waals surface area contributed by atoms with E-state index < -0.39 is 0 Å². The highest BCUT2D eigenvalue weighted by molar-refractivity contribution is 7.18. The fourth-order valence-electron chi connectivity index (χ4n) is 4.18. The number of amides is 1. The summed E-state index contributed by atoms with van der Waals surface area (Å²) in [6, 6.07) is 8.40. The summed E-state index contributed by atoms with van der Waals surface area (Å²) >= 11 is 1.74. The molecule has 4 nitrogen and oxygen atoms in total. The number of para-hydroxylation sites is 1. The van der Waals surface area contributed by atoms with Crippen molar-refractivity contribution >= 4 is 52.3 Å². The lowest BCUT2D eigenvalue weighted by molar-refractivity contribution is -0.137. The van der Waals surface area contributed by atoms with Crippen molar-refractivity contribution in [1.82, 2.24) is 9.88 Å². The van der Waals surface area contributed by atoms with Gasteiger partial charge in [0, 0.05) is 12.5 Å². The molecule has 1 aromatic carbocycles. The molecule has 0 spiro atoms. The van der Waals surface area contributed by atoms with Crippen LogP contribution in [-0.4, -0.2) is 28.9 Å². The van der Waals surface area contributed by atoms with E-state index in [9.17, 15) is 4.79 Å². The molecule has 1 saturated carbocycles. The number of rotatable bonds is 3. The topological polar surface area (TPSA) is 59.2 Å². The van der Waals surface area contributed by atoms with Crippen LogP contribution in [0.3, 0.4) is 0 Å². The van der Waals surface area contributed by atoms with E-state index in [2.05, 4.69) is 17.0 Å². The number of carbonyl (C=O) groups is 1. The van der Waals surface area contributed by atoms with Crippen LogP contribution < -0.4 is 5.73 Å². The minimum absolute atomic E-state index is 0. The maximum Gasteiger partial charge on any atom is 0.226 e. The molecule has 4 rings (SSSR count). The summed E-state index contributed by atoms with van der Waals surface area (Å²) in [6.45, 7) is 1.50. The van der Waals surface area contributed by atoms with E-state index in [-0.39, 0.29) is 36.8 Å². The number of halogens is 2. The summed E-state index contributed by atoms with van der Waals surface area (Å²) in [4.78, 5) is 19.9. The van der Waals surface area contributed by atoms with Crippen LogP contribution >= 0.6 is 36.2 Å². The van der Waals surface area contributed by atoms with E-state index >= 15 is 0 Å². The second-order valence-electron chi connectivity index (χ2n) is 6.74. The van der Waals surface area contributed by atoms with E-state index in [1.807, 2.05) is 12.1 Å². The van der Waals surface area contributed by atoms with Crippen molar-refractivity contribution in [1.29, 1.82) is 0 Å². The summed E-state index contributed by atoms with van der Waals surface area (Å²) in [7, 11) is 0. The molecule has 2 fully saturated rings. The third kappa shape index (κ3) is 3.80. The van der Waals surface area contributed by atoms with E-state index in [4.69, 9.17) is 10.7 Å². The summed E-state index contributed by atoms with van der Waals surface area (Å²) in [6.07, 6.45) is 5.35. The predicted octanol–water partition coefficient (Wildman–Crippen LogP) is 4.18. The lowest BCUT2D eigenvalue weighted by atomic mass is 9.94. The predicted molar refractivity (Wildman–Crippen MR) is 108 cm³/mol. The van der Waals surface area contributed by atoms with Crippen LogP contribution in [0.2, 0.25) is 0 Å². The first-order chi connectivity index (χ1) is 11.3. The van der Waals surface area contributed by atoms with Gasteiger partial charge in [0.15, 0.2) is 0 Å². The van der Waals surface area contributed by atoms with Crippen molar-refractivity contribution in [2.45, 2.75) is 38.1 Å². The van der Waals surface area contributed by atoms with Crippen molar-refractivity contribution in [2.24, 2.45) is 17.6 Å². The van der Waals surface area contributed by atoms with Gasteiger partial charge in [-0.2, -0.15) is 0 Å². The summed E-state index contributed by atoms with van der Waals surface area (Å²) in [5, 5.41) is 1.10. The maximum absolute atomic E-state index is 13.1. The third-order valence-electron chi connectivity index (χ3n) is 5.41. The Morgan fingerprint density at radius 1 is 1.20 bits per heavy atom. The Morgan fingerprint density at radius 3 is 2.76 bits per heavy atom. The van der Waals surface area contributed by atoms with E-state index in [0.717, 1.165) is 49.2 Å². The summed E-state index contributed by atoms with van der Waals surface area (Å²) in [5.41, 5.74) is 6.93. The van der Waals surface area contributed by atoms with Crippen LogP contribution in [0.25, 0.3) is 10.2 Å². The maximum atomic E-state index is 13.1. The number of benzene rings is 1. The van der Waals surface area contributed by atoms with E-state index in [1.165, 1.54) is 4.70 Å². The van der Waals surface area contributed by atoms with Gasteiger partial charge >= 0.3 is 0 Å². The van der Waals surface area contributed by atoms with E-state index in [1.54, 1.807) is 11.3 Å². The van der Waals surface area contributed by atoms with Gasteiger partial charge in [0.25, 0.3) is 0 Å². The Hall–Kier alpha value is -0.880. The Labute approximate surface area is 165 Å². The van der Waals surface area contributed by atoms with Gasteiger partial charge in [-0.15, -0.1) is 36.2 Å². The second kappa shape index (κ2) is 8.67. The molecule has 0 bridgehead atoms. The lowest BCUT2D eigenvalue weighted by Crippen LogP contribution is -2.38. The van der Waals surface area contributed by atoms with Gasteiger partial charge in [0.2, 0.25) is 5.91 Å². The molecule has 2 heterocycles. The second-order valence-corrected chi connectivity index (χ2v) is 7.80. The molecule has 7 heteroatoms. The molecule has 1 aliphatic heterocycles. The molecular formula is C18H25Cl2N3OS. The number of nitrogens with two attached hydrogens (primary N) is 1. The molecule has 2 N–H and O–H groups in total. The SMILES string of the molecule is Cl.Cl.NC[C@H]1CCC[C@H]1C(=O)N1CCCC1c1nc2ccccc2s1. The molecule has 1 unspecified atom stereocenters. The van der Waals surface area contributed by atoms with Crippen molar-refractivity contribution < 1.29 is 4.79 Å². The Morgan fingerprint density at radius 2 is 2.00 bits per heavy atom. The molecule has 1 aromatic heterocycles. The molecule has 3 atom stereocenters. The van der Waals surface area contributed by atoms with Gasteiger partial charge in [-0.1, -0.05) is 18.6 Å². The van der Waals surface area contributed by atoms with Crippen LogP contribution in [-0.2, 0) is 4.79 Å². The van der Waals surface area contributed by atoms with Crippen LogP contribution in [0.5, 0.6) is 0 Å². The number of hydrogen-bond acceptors (Lipinski definition) is 4. The quantitative estimate of drug-likeness (QED) is 0.838. The number of hydrogen-bond donors (Lipinski definition) is 1. The zero-order chi connectivity index (χ0) is 15.8. The number of nitrogens with zero attached hydrogens (tertiary/aromatic N) is 2. The van der Waals surface area contributed by atoms with Crippen molar-refractivity contribution in [3.63, 3.8) is 0 Å². The van der Waals surface area contributed by atoms with E-state index in [0.29, 0.717) is 18.4 Å². The molecule has 138 valence electrons. The molecule has 1 saturated heterocycles. The van der Waals surface area contributed by atoms with Gasteiger partial charge in [-0.25, -0.2) is 4.98 Å². The van der Waals surface area contributed by atoms with Crippen LogP contribution in [0, 0.1) is 11.8 Å².